The van der Waals surface area contributed by atoms with Crippen LogP contribution in [0.3, 0.4) is 0 Å². The van der Waals surface area contributed by atoms with Crippen molar-refractivity contribution in [2.45, 2.75) is 18.9 Å². The molecule has 0 aromatic carbocycles. The number of rotatable bonds is 4. The zero-order valence-electron chi connectivity index (χ0n) is 17.2. The molecule has 0 aliphatic carbocycles. The molecule has 0 spiro atoms. The van der Waals surface area contributed by atoms with Gasteiger partial charge in [0.1, 0.15) is 11.9 Å². The number of nitrogens with one attached hydrogen (secondary N) is 3. The standard InChI is InChI=1S/C22H29N7O/c1-2-16(13-23-5-1)14-27-22-21-19(24-6-7-25-21)12-18(28-22)17-3-4-20(26-15-17)29-8-10-30-11-9-29/h3-4,6-7,12,15-16,21,23-25H,1-2,5,8-11,13-14H2/t16-,21?/m0/s1. The lowest BCUT2D eigenvalue weighted by Crippen LogP contribution is -2.44. The highest BCUT2D eigenvalue weighted by atomic mass is 16.5. The SMILES string of the molecule is C1=CNC2C(=CC(c3ccc(N4CCOCC4)nc3)=NC2=NC[C@H]2CCCNC2)N1. The summed E-state index contributed by atoms with van der Waals surface area (Å²) in [4.78, 5) is 16.8. The number of aromatic nitrogens is 1. The van der Waals surface area contributed by atoms with E-state index in [0.29, 0.717) is 5.92 Å². The second kappa shape index (κ2) is 8.97. The Morgan fingerprint density at radius 1 is 1.20 bits per heavy atom. The molecule has 2 fully saturated rings. The summed E-state index contributed by atoms with van der Waals surface area (Å²) in [6, 6.07) is 4.16. The van der Waals surface area contributed by atoms with Crippen LogP contribution in [-0.2, 0) is 4.74 Å². The molecule has 1 unspecified atom stereocenters. The maximum Gasteiger partial charge on any atom is 0.152 e. The van der Waals surface area contributed by atoms with E-state index >= 15 is 0 Å². The van der Waals surface area contributed by atoms with Gasteiger partial charge in [-0.15, -0.1) is 0 Å². The van der Waals surface area contributed by atoms with E-state index in [1.807, 2.05) is 18.6 Å². The van der Waals surface area contributed by atoms with E-state index in [1.54, 1.807) is 0 Å². The number of dihydropyridines is 1. The Balaban J connectivity index is 1.37. The number of nitrogens with zero attached hydrogens (tertiary/aromatic N) is 4. The van der Waals surface area contributed by atoms with Crippen LogP contribution in [0.15, 0.2) is 52.5 Å². The summed E-state index contributed by atoms with van der Waals surface area (Å²) in [5, 5.41) is 10.2. The first kappa shape index (κ1) is 19.3. The molecule has 8 heteroatoms. The Kier molecular flexibility index (Phi) is 5.76. The second-order valence-electron chi connectivity index (χ2n) is 8.09. The van der Waals surface area contributed by atoms with E-state index in [2.05, 4.69) is 44.0 Å². The molecule has 30 heavy (non-hydrogen) atoms. The number of ether oxygens (including phenoxy) is 1. The number of allylic oxidation sites excluding steroid dienone is 1. The number of piperidine rings is 1. The fourth-order valence-corrected chi connectivity index (χ4v) is 4.26. The summed E-state index contributed by atoms with van der Waals surface area (Å²) in [5.74, 6) is 2.41. The van der Waals surface area contributed by atoms with Gasteiger partial charge in [-0.3, -0.25) is 4.99 Å². The van der Waals surface area contributed by atoms with Crippen LogP contribution in [0.4, 0.5) is 5.82 Å². The lowest BCUT2D eigenvalue weighted by molar-refractivity contribution is 0.122. The Labute approximate surface area is 177 Å². The van der Waals surface area contributed by atoms with Crippen LogP contribution in [0, 0.1) is 5.92 Å². The second-order valence-corrected chi connectivity index (χ2v) is 8.09. The van der Waals surface area contributed by atoms with Gasteiger partial charge < -0.3 is 25.6 Å². The maximum absolute atomic E-state index is 5.44. The van der Waals surface area contributed by atoms with Crippen molar-refractivity contribution < 1.29 is 4.74 Å². The zero-order valence-corrected chi connectivity index (χ0v) is 17.2. The summed E-state index contributed by atoms with van der Waals surface area (Å²) in [5.41, 5.74) is 2.97. The molecule has 1 aromatic rings. The number of fused-ring (bicyclic) bond motifs is 1. The van der Waals surface area contributed by atoms with Gasteiger partial charge in [0.15, 0.2) is 5.84 Å². The van der Waals surface area contributed by atoms with Gasteiger partial charge in [-0.25, -0.2) is 9.98 Å². The summed E-state index contributed by atoms with van der Waals surface area (Å²) in [6.45, 7) is 6.25. The predicted octanol–water partition coefficient (Wildman–Crippen LogP) is 1.04. The van der Waals surface area contributed by atoms with E-state index in [1.165, 1.54) is 12.8 Å². The van der Waals surface area contributed by atoms with E-state index in [9.17, 15) is 0 Å². The molecular weight excluding hydrogens is 378 g/mol. The quantitative estimate of drug-likeness (QED) is 0.691. The number of hydrogen-bond donors (Lipinski definition) is 3. The molecule has 0 saturated carbocycles. The molecule has 5 heterocycles. The lowest BCUT2D eigenvalue weighted by atomic mass is 9.99. The molecule has 3 N–H and O–H groups in total. The molecular formula is C22H29N7O. The Bertz CT molecular complexity index is 862. The van der Waals surface area contributed by atoms with E-state index < -0.39 is 0 Å². The predicted molar refractivity (Wildman–Crippen MR) is 119 cm³/mol. The van der Waals surface area contributed by atoms with Crippen molar-refractivity contribution in [3.63, 3.8) is 0 Å². The molecule has 0 radical (unpaired) electrons. The van der Waals surface area contributed by atoms with Crippen molar-refractivity contribution in [1.82, 2.24) is 20.9 Å². The van der Waals surface area contributed by atoms with Crippen LogP contribution in [0.25, 0.3) is 0 Å². The van der Waals surface area contributed by atoms with Gasteiger partial charge in [0.2, 0.25) is 0 Å². The fraction of sp³-hybridized carbons (Fsp3) is 0.500. The topological polar surface area (TPSA) is 86.2 Å². The molecule has 4 aliphatic heterocycles. The normalized spacial score (nSPS) is 27.6. The molecule has 0 amide bonds. The van der Waals surface area contributed by atoms with E-state index in [-0.39, 0.29) is 6.04 Å². The monoisotopic (exact) mass is 407 g/mol. The van der Waals surface area contributed by atoms with Crippen LogP contribution in [-0.4, -0.2) is 68.5 Å². The minimum Gasteiger partial charge on any atom is -0.378 e. The summed E-state index contributed by atoms with van der Waals surface area (Å²) >= 11 is 0. The average molecular weight is 408 g/mol. The molecule has 4 aliphatic rings. The molecule has 2 saturated heterocycles. The van der Waals surface area contributed by atoms with Gasteiger partial charge in [-0.1, -0.05) is 0 Å². The van der Waals surface area contributed by atoms with Gasteiger partial charge in [-0.05, 0) is 50.1 Å². The summed E-state index contributed by atoms with van der Waals surface area (Å²) < 4.78 is 5.44. The number of anilines is 1. The molecule has 2 atom stereocenters. The van der Waals surface area contributed by atoms with Crippen molar-refractivity contribution in [3.05, 3.63) is 48.1 Å². The maximum atomic E-state index is 5.44. The van der Waals surface area contributed by atoms with Gasteiger partial charge in [0, 0.05) is 49.5 Å². The smallest absolute Gasteiger partial charge is 0.152 e. The van der Waals surface area contributed by atoms with Crippen LogP contribution in [0.2, 0.25) is 0 Å². The third-order valence-corrected chi connectivity index (χ3v) is 5.98. The van der Waals surface area contributed by atoms with E-state index in [0.717, 1.165) is 74.6 Å². The van der Waals surface area contributed by atoms with Gasteiger partial charge in [-0.2, -0.15) is 0 Å². The van der Waals surface area contributed by atoms with Crippen LogP contribution >= 0.6 is 0 Å². The third kappa shape index (κ3) is 4.24. The van der Waals surface area contributed by atoms with E-state index in [4.69, 9.17) is 14.7 Å². The highest BCUT2D eigenvalue weighted by Crippen LogP contribution is 2.19. The van der Waals surface area contributed by atoms with Crippen LogP contribution in [0.5, 0.6) is 0 Å². The number of amidine groups is 1. The first-order chi connectivity index (χ1) is 14.9. The van der Waals surface area contributed by atoms with Crippen molar-refractivity contribution in [2.24, 2.45) is 15.9 Å². The van der Waals surface area contributed by atoms with Gasteiger partial charge >= 0.3 is 0 Å². The summed E-state index contributed by atoms with van der Waals surface area (Å²) in [7, 11) is 0. The Morgan fingerprint density at radius 2 is 2.13 bits per heavy atom. The fourth-order valence-electron chi connectivity index (χ4n) is 4.26. The molecule has 8 nitrogen and oxygen atoms in total. The molecule has 158 valence electrons. The van der Waals surface area contributed by atoms with Gasteiger partial charge in [0.05, 0.1) is 18.9 Å². The highest BCUT2D eigenvalue weighted by Gasteiger charge is 2.27. The molecule has 5 rings (SSSR count). The van der Waals surface area contributed by atoms with Crippen LogP contribution in [0.1, 0.15) is 18.4 Å². The number of morpholine rings is 1. The minimum atomic E-state index is -0.0177. The molecule has 0 bridgehead atoms. The Morgan fingerprint density at radius 3 is 2.93 bits per heavy atom. The van der Waals surface area contributed by atoms with Crippen molar-refractivity contribution in [1.29, 1.82) is 0 Å². The van der Waals surface area contributed by atoms with Gasteiger partial charge in [0.25, 0.3) is 0 Å². The van der Waals surface area contributed by atoms with Crippen molar-refractivity contribution in [2.75, 3.05) is 50.8 Å². The third-order valence-electron chi connectivity index (χ3n) is 5.98. The lowest BCUT2D eigenvalue weighted by Gasteiger charge is -2.29. The first-order valence-electron chi connectivity index (χ1n) is 10.9. The van der Waals surface area contributed by atoms with Crippen molar-refractivity contribution >= 4 is 17.4 Å². The largest absolute Gasteiger partial charge is 0.378 e. The zero-order chi connectivity index (χ0) is 20.2. The molecule has 1 aromatic heterocycles. The van der Waals surface area contributed by atoms with Crippen molar-refractivity contribution in [3.8, 4) is 0 Å². The van der Waals surface area contributed by atoms with Crippen LogP contribution < -0.4 is 20.9 Å². The average Bonchev–Trinajstić information content (AvgIpc) is 2.84. The number of hydrogen-bond acceptors (Lipinski definition) is 7. The Hall–Kier alpha value is -2.71. The number of aliphatic imine (C=N–C) groups is 2. The minimum absolute atomic E-state index is 0.0177. The summed E-state index contributed by atoms with van der Waals surface area (Å²) in [6.07, 6.45) is 10.3. The highest BCUT2D eigenvalue weighted by molar-refractivity contribution is 6.17. The number of pyridine rings is 1. The first-order valence-corrected chi connectivity index (χ1v) is 10.9.